The lowest BCUT2D eigenvalue weighted by atomic mass is 9.80. The van der Waals surface area contributed by atoms with Crippen LogP contribution in [-0.2, 0) is 4.79 Å². The molecule has 0 aliphatic heterocycles. The fourth-order valence-corrected chi connectivity index (χ4v) is 3.09. The lowest BCUT2D eigenvalue weighted by molar-refractivity contribution is -0.117. The molecule has 1 aromatic carbocycles. The number of anilines is 1. The molecule has 3 heteroatoms. The van der Waals surface area contributed by atoms with Gasteiger partial charge in [0.2, 0.25) is 5.91 Å². The predicted octanol–water partition coefficient (Wildman–Crippen LogP) is 3.22. The number of carbonyl (C=O) groups excluding carboxylic acids is 1. The maximum absolute atomic E-state index is 11.9. The summed E-state index contributed by atoms with van der Waals surface area (Å²) >= 11 is 0. The molecule has 108 valence electrons. The first-order chi connectivity index (χ1) is 9.52. The van der Waals surface area contributed by atoms with Crippen molar-refractivity contribution in [3.63, 3.8) is 0 Å². The lowest BCUT2D eigenvalue weighted by Gasteiger charge is -2.31. The number of rotatable bonds is 3. The number of carbonyl (C=O) groups is 1. The quantitative estimate of drug-likeness (QED) is 0.655. The fourth-order valence-electron chi connectivity index (χ4n) is 3.09. The molecule has 2 unspecified atom stereocenters. The van der Waals surface area contributed by atoms with E-state index in [1.807, 2.05) is 30.3 Å². The third-order valence-corrected chi connectivity index (χ3v) is 3.89. The maximum atomic E-state index is 11.9. The van der Waals surface area contributed by atoms with Gasteiger partial charge in [-0.05, 0) is 54.9 Å². The zero-order chi connectivity index (χ0) is 14.5. The summed E-state index contributed by atoms with van der Waals surface area (Å²) in [6, 6.07) is 7.80. The summed E-state index contributed by atoms with van der Waals surface area (Å²) in [5, 5.41) is 3.11. The molecule has 0 heterocycles. The van der Waals surface area contributed by atoms with Gasteiger partial charge in [-0.1, -0.05) is 26.0 Å². The Morgan fingerprint density at radius 1 is 1.15 bits per heavy atom. The normalized spacial score (nSPS) is 26.6. The van der Waals surface area contributed by atoms with Crippen LogP contribution in [0.1, 0.15) is 38.7 Å². The van der Waals surface area contributed by atoms with E-state index in [1.54, 1.807) is 6.08 Å². The van der Waals surface area contributed by atoms with E-state index in [9.17, 15) is 4.79 Å². The van der Waals surface area contributed by atoms with E-state index in [2.05, 4.69) is 19.2 Å². The number of amides is 1. The van der Waals surface area contributed by atoms with Gasteiger partial charge in [-0.2, -0.15) is 0 Å². The van der Waals surface area contributed by atoms with E-state index in [1.165, 1.54) is 6.42 Å². The second kappa shape index (κ2) is 6.60. The van der Waals surface area contributed by atoms with Crippen molar-refractivity contribution in [1.82, 2.24) is 5.32 Å². The topological polar surface area (TPSA) is 55.1 Å². The molecule has 0 radical (unpaired) electrons. The number of hydrogen-bond donors (Lipinski definition) is 2. The second-order valence-electron chi connectivity index (χ2n) is 6.12. The van der Waals surface area contributed by atoms with Gasteiger partial charge in [-0.15, -0.1) is 0 Å². The summed E-state index contributed by atoms with van der Waals surface area (Å²) < 4.78 is 0. The highest BCUT2D eigenvalue weighted by Gasteiger charge is 2.24. The van der Waals surface area contributed by atoms with Gasteiger partial charge in [0, 0.05) is 17.8 Å². The molecular weight excluding hydrogens is 248 g/mol. The first kappa shape index (κ1) is 14.6. The molecule has 2 atom stereocenters. The first-order valence-corrected chi connectivity index (χ1v) is 7.37. The van der Waals surface area contributed by atoms with Crippen LogP contribution in [0.5, 0.6) is 0 Å². The molecule has 1 amide bonds. The first-order valence-electron chi connectivity index (χ1n) is 7.37. The standard InChI is InChI=1S/C17H24N2O/c1-12-9-13(2)11-16(10-12)19-17(20)8-5-14-3-6-15(18)7-4-14/h3-8,12-13,16H,9-11,18H2,1-2H3,(H,19,20)/b8-5+. The average molecular weight is 272 g/mol. The summed E-state index contributed by atoms with van der Waals surface area (Å²) in [4.78, 5) is 11.9. The third kappa shape index (κ3) is 4.41. The van der Waals surface area contributed by atoms with E-state index in [4.69, 9.17) is 5.73 Å². The monoisotopic (exact) mass is 272 g/mol. The molecule has 2 rings (SSSR count). The summed E-state index contributed by atoms with van der Waals surface area (Å²) in [7, 11) is 0. The number of hydrogen-bond acceptors (Lipinski definition) is 2. The summed E-state index contributed by atoms with van der Waals surface area (Å²) in [6.45, 7) is 4.53. The Morgan fingerprint density at radius 2 is 1.75 bits per heavy atom. The largest absolute Gasteiger partial charge is 0.399 e. The van der Waals surface area contributed by atoms with E-state index in [0.29, 0.717) is 17.9 Å². The van der Waals surface area contributed by atoms with Crippen LogP contribution in [0, 0.1) is 11.8 Å². The Bertz CT molecular complexity index is 468. The molecular formula is C17H24N2O. The number of nitrogens with two attached hydrogens (primary N) is 1. The van der Waals surface area contributed by atoms with Crippen LogP contribution in [0.25, 0.3) is 6.08 Å². The van der Waals surface area contributed by atoms with Crippen LogP contribution in [0.3, 0.4) is 0 Å². The minimum atomic E-state index is -0.00637. The number of nitrogens with one attached hydrogen (secondary N) is 1. The minimum Gasteiger partial charge on any atom is -0.399 e. The van der Waals surface area contributed by atoms with Crippen molar-refractivity contribution in [3.8, 4) is 0 Å². The number of benzene rings is 1. The van der Waals surface area contributed by atoms with Crippen molar-refractivity contribution in [2.24, 2.45) is 11.8 Å². The number of nitrogen functional groups attached to an aromatic ring is 1. The van der Waals surface area contributed by atoms with Gasteiger partial charge in [0.05, 0.1) is 0 Å². The molecule has 1 aliphatic rings. The van der Waals surface area contributed by atoms with Crippen LogP contribution in [0.2, 0.25) is 0 Å². The molecule has 0 saturated heterocycles. The highest BCUT2D eigenvalue weighted by Crippen LogP contribution is 2.28. The van der Waals surface area contributed by atoms with Crippen LogP contribution < -0.4 is 11.1 Å². The molecule has 1 aliphatic carbocycles. The third-order valence-electron chi connectivity index (χ3n) is 3.89. The zero-order valence-corrected chi connectivity index (χ0v) is 12.3. The van der Waals surface area contributed by atoms with Crippen molar-refractivity contribution in [2.45, 2.75) is 39.2 Å². The van der Waals surface area contributed by atoms with Gasteiger partial charge in [-0.25, -0.2) is 0 Å². The Morgan fingerprint density at radius 3 is 2.35 bits per heavy atom. The summed E-state index contributed by atoms with van der Waals surface area (Å²) in [5.41, 5.74) is 7.35. The van der Waals surface area contributed by atoms with Crippen molar-refractivity contribution < 1.29 is 4.79 Å². The average Bonchev–Trinajstić information content (AvgIpc) is 2.37. The second-order valence-corrected chi connectivity index (χ2v) is 6.12. The molecule has 0 aromatic heterocycles. The van der Waals surface area contributed by atoms with Gasteiger partial charge < -0.3 is 11.1 Å². The van der Waals surface area contributed by atoms with Gasteiger partial charge >= 0.3 is 0 Å². The summed E-state index contributed by atoms with van der Waals surface area (Å²) in [5.74, 6) is 1.39. The van der Waals surface area contributed by atoms with E-state index < -0.39 is 0 Å². The van der Waals surface area contributed by atoms with E-state index in [-0.39, 0.29) is 5.91 Å². The van der Waals surface area contributed by atoms with Crippen LogP contribution in [-0.4, -0.2) is 11.9 Å². The zero-order valence-electron chi connectivity index (χ0n) is 12.3. The molecule has 0 spiro atoms. The Labute approximate surface area is 121 Å². The van der Waals surface area contributed by atoms with Crippen LogP contribution >= 0.6 is 0 Å². The Balaban J connectivity index is 1.87. The van der Waals surface area contributed by atoms with Crippen molar-refractivity contribution in [1.29, 1.82) is 0 Å². The highest BCUT2D eigenvalue weighted by molar-refractivity contribution is 5.91. The predicted molar refractivity (Wildman–Crippen MR) is 84.0 cm³/mol. The molecule has 1 saturated carbocycles. The SMILES string of the molecule is CC1CC(C)CC(NC(=O)/C=C/c2ccc(N)cc2)C1. The lowest BCUT2D eigenvalue weighted by Crippen LogP contribution is -2.39. The summed E-state index contributed by atoms with van der Waals surface area (Å²) in [6.07, 6.45) is 6.88. The van der Waals surface area contributed by atoms with Crippen LogP contribution in [0.15, 0.2) is 30.3 Å². The molecule has 0 bridgehead atoms. The minimum absolute atomic E-state index is 0.00637. The molecule has 3 N–H and O–H groups in total. The highest BCUT2D eigenvalue weighted by atomic mass is 16.1. The maximum Gasteiger partial charge on any atom is 0.244 e. The Kier molecular flexibility index (Phi) is 4.83. The van der Waals surface area contributed by atoms with Crippen LogP contribution in [0.4, 0.5) is 5.69 Å². The van der Waals surface area contributed by atoms with Crippen molar-refractivity contribution in [2.75, 3.05) is 5.73 Å². The van der Waals surface area contributed by atoms with Crippen molar-refractivity contribution in [3.05, 3.63) is 35.9 Å². The smallest absolute Gasteiger partial charge is 0.244 e. The van der Waals surface area contributed by atoms with E-state index >= 15 is 0 Å². The fraction of sp³-hybridized carbons (Fsp3) is 0.471. The molecule has 1 fully saturated rings. The van der Waals surface area contributed by atoms with E-state index in [0.717, 1.165) is 24.1 Å². The van der Waals surface area contributed by atoms with Crippen molar-refractivity contribution >= 4 is 17.7 Å². The van der Waals surface area contributed by atoms with Gasteiger partial charge in [0.15, 0.2) is 0 Å². The molecule has 3 nitrogen and oxygen atoms in total. The van der Waals surface area contributed by atoms with Gasteiger partial charge in [0.25, 0.3) is 0 Å². The molecule has 1 aromatic rings. The van der Waals surface area contributed by atoms with Gasteiger partial charge in [-0.3, -0.25) is 4.79 Å². The Hall–Kier alpha value is -1.77. The van der Waals surface area contributed by atoms with Gasteiger partial charge in [0.1, 0.15) is 0 Å². The molecule has 20 heavy (non-hydrogen) atoms.